The lowest BCUT2D eigenvalue weighted by molar-refractivity contribution is 0.0735. The molecule has 2 aromatic rings. The van der Waals surface area contributed by atoms with Gasteiger partial charge in [0.05, 0.1) is 17.4 Å². The van der Waals surface area contributed by atoms with Gasteiger partial charge in [-0.2, -0.15) is 0 Å². The van der Waals surface area contributed by atoms with Gasteiger partial charge in [-0.25, -0.2) is 4.98 Å². The molecular formula is C15H14ClN3O. The number of aromatic nitrogens is 1. The molecule has 0 bridgehead atoms. The summed E-state index contributed by atoms with van der Waals surface area (Å²) in [6.07, 6.45) is 2.29. The van der Waals surface area contributed by atoms with Crippen molar-refractivity contribution in [3.8, 4) is 0 Å². The first-order valence-electron chi connectivity index (χ1n) is 6.42. The predicted molar refractivity (Wildman–Crippen MR) is 78.5 cm³/mol. The molecule has 1 aliphatic rings. The summed E-state index contributed by atoms with van der Waals surface area (Å²) in [6, 6.07) is 9.70. The van der Waals surface area contributed by atoms with Gasteiger partial charge < -0.3 is 10.6 Å². The zero-order valence-corrected chi connectivity index (χ0v) is 11.6. The first-order chi connectivity index (χ1) is 9.65. The minimum absolute atomic E-state index is 0.0960. The van der Waals surface area contributed by atoms with Crippen LogP contribution in [-0.4, -0.2) is 22.3 Å². The number of nitrogens with zero attached hydrogens (tertiary/aromatic N) is 2. The van der Waals surface area contributed by atoms with Crippen LogP contribution < -0.4 is 5.73 Å². The lowest BCUT2D eigenvalue weighted by Crippen LogP contribution is -2.36. The molecular weight excluding hydrogens is 274 g/mol. The van der Waals surface area contributed by atoms with E-state index in [1.165, 1.54) is 23.4 Å². The largest absolute Gasteiger partial charge is 0.397 e. The summed E-state index contributed by atoms with van der Waals surface area (Å²) in [7, 11) is 0. The molecule has 2 heterocycles. The molecule has 1 amide bonds. The summed E-state index contributed by atoms with van der Waals surface area (Å²) in [5.41, 5.74) is 9.09. The topological polar surface area (TPSA) is 59.2 Å². The molecule has 3 rings (SSSR count). The van der Waals surface area contributed by atoms with Crippen LogP contribution >= 0.6 is 11.6 Å². The molecule has 0 fully saturated rings. The number of carbonyl (C=O) groups is 1. The van der Waals surface area contributed by atoms with Gasteiger partial charge in [-0.1, -0.05) is 35.9 Å². The molecule has 20 heavy (non-hydrogen) atoms. The molecule has 0 unspecified atom stereocenters. The summed E-state index contributed by atoms with van der Waals surface area (Å²) in [5.74, 6) is -0.0960. The molecule has 0 atom stereocenters. The Labute approximate surface area is 122 Å². The Morgan fingerprint density at radius 2 is 2.05 bits per heavy atom. The van der Waals surface area contributed by atoms with Gasteiger partial charge in [0.15, 0.2) is 0 Å². The summed E-state index contributed by atoms with van der Waals surface area (Å²) < 4.78 is 0. The Morgan fingerprint density at radius 3 is 2.85 bits per heavy atom. The van der Waals surface area contributed by atoms with Crippen molar-refractivity contribution in [1.29, 1.82) is 0 Å². The molecule has 0 spiro atoms. The number of carbonyl (C=O) groups excluding carboxylic acids is 1. The minimum atomic E-state index is -0.0960. The minimum Gasteiger partial charge on any atom is -0.397 e. The van der Waals surface area contributed by atoms with Crippen LogP contribution in [0.4, 0.5) is 5.69 Å². The van der Waals surface area contributed by atoms with Crippen molar-refractivity contribution >= 4 is 23.2 Å². The van der Waals surface area contributed by atoms with Crippen LogP contribution in [0, 0.1) is 0 Å². The maximum Gasteiger partial charge on any atom is 0.256 e. The molecule has 102 valence electrons. The second kappa shape index (κ2) is 5.13. The van der Waals surface area contributed by atoms with Crippen LogP contribution in [0.2, 0.25) is 5.15 Å². The highest BCUT2D eigenvalue weighted by Crippen LogP contribution is 2.23. The van der Waals surface area contributed by atoms with Crippen LogP contribution in [0.3, 0.4) is 0 Å². The monoisotopic (exact) mass is 287 g/mol. The Morgan fingerprint density at radius 1 is 1.30 bits per heavy atom. The van der Waals surface area contributed by atoms with Crippen LogP contribution in [0.1, 0.15) is 21.5 Å². The third kappa shape index (κ3) is 2.34. The second-order valence-corrected chi connectivity index (χ2v) is 5.23. The maximum atomic E-state index is 12.5. The van der Waals surface area contributed by atoms with E-state index in [0.717, 1.165) is 6.42 Å². The van der Waals surface area contributed by atoms with Gasteiger partial charge in [0.25, 0.3) is 5.91 Å². The van der Waals surface area contributed by atoms with Gasteiger partial charge in [-0.3, -0.25) is 4.79 Å². The number of benzene rings is 1. The summed E-state index contributed by atoms with van der Waals surface area (Å²) in [5, 5.41) is 0.278. The zero-order chi connectivity index (χ0) is 14.1. The van der Waals surface area contributed by atoms with Crippen molar-refractivity contribution in [2.24, 2.45) is 0 Å². The Bertz CT molecular complexity index is 672. The average molecular weight is 288 g/mol. The average Bonchev–Trinajstić information content (AvgIpc) is 2.48. The number of pyridine rings is 1. The van der Waals surface area contributed by atoms with E-state index in [1.807, 2.05) is 12.1 Å². The standard InChI is InChI=1S/C15H14ClN3O/c16-14-7-12(13(17)8-18-14)15(20)19-6-5-10-3-1-2-4-11(10)9-19/h1-4,7-8H,5-6,9,17H2. The third-order valence-corrected chi connectivity index (χ3v) is 3.76. The number of halogens is 1. The van der Waals surface area contributed by atoms with Crippen molar-refractivity contribution in [1.82, 2.24) is 9.88 Å². The quantitative estimate of drug-likeness (QED) is 0.820. The second-order valence-electron chi connectivity index (χ2n) is 4.84. The Hall–Kier alpha value is -2.07. The Balaban J connectivity index is 1.88. The molecule has 2 N–H and O–H groups in total. The van der Waals surface area contributed by atoms with E-state index in [9.17, 15) is 4.79 Å². The van der Waals surface area contributed by atoms with Gasteiger partial charge in [0.1, 0.15) is 5.15 Å². The van der Waals surface area contributed by atoms with E-state index >= 15 is 0 Å². The van der Waals surface area contributed by atoms with Gasteiger partial charge in [-0.05, 0) is 23.6 Å². The molecule has 0 saturated heterocycles. The molecule has 1 aliphatic heterocycles. The van der Waals surface area contributed by atoms with Crippen molar-refractivity contribution in [3.05, 3.63) is 58.4 Å². The number of fused-ring (bicyclic) bond motifs is 1. The van der Waals surface area contributed by atoms with Crippen LogP contribution in [0.25, 0.3) is 0 Å². The number of rotatable bonds is 1. The van der Waals surface area contributed by atoms with Crippen LogP contribution in [-0.2, 0) is 13.0 Å². The number of hydrogen-bond acceptors (Lipinski definition) is 3. The number of nitrogens with two attached hydrogens (primary N) is 1. The first-order valence-corrected chi connectivity index (χ1v) is 6.80. The van der Waals surface area contributed by atoms with Crippen LogP contribution in [0.5, 0.6) is 0 Å². The molecule has 0 saturated carbocycles. The maximum absolute atomic E-state index is 12.5. The highest BCUT2D eigenvalue weighted by atomic mass is 35.5. The zero-order valence-electron chi connectivity index (χ0n) is 10.8. The lowest BCUT2D eigenvalue weighted by Gasteiger charge is -2.29. The highest BCUT2D eigenvalue weighted by molar-refractivity contribution is 6.29. The summed E-state index contributed by atoms with van der Waals surface area (Å²) in [6.45, 7) is 1.30. The number of nitrogen functional groups attached to an aromatic ring is 1. The summed E-state index contributed by atoms with van der Waals surface area (Å²) in [4.78, 5) is 18.2. The normalized spacial score (nSPS) is 13.9. The smallest absolute Gasteiger partial charge is 0.256 e. The van der Waals surface area contributed by atoms with E-state index in [4.69, 9.17) is 17.3 Å². The van der Waals surface area contributed by atoms with E-state index in [2.05, 4.69) is 17.1 Å². The number of hydrogen-bond donors (Lipinski definition) is 1. The fourth-order valence-electron chi connectivity index (χ4n) is 2.47. The van der Waals surface area contributed by atoms with Crippen molar-refractivity contribution in [3.63, 3.8) is 0 Å². The number of anilines is 1. The predicted octanol–water partition coefficient (Wildman–Crippen LogP) is 2.52. The SMILES string of the molecule is Nc1cnc(Cl)cc1C(=O)N1CCc2ccccc2C1. The van der Waals surface area contributed by atoms with Crippen molar-refractivity contribution in [2.75, 3.05) is 12.3 Å². The summed E-state index contributed by atoms with van der Waals surface area (Å²) >= 11 is 5.84. The van der Waals surface area contributed by atoms with E-state index < -0.39 is 0 Å². The lowest BCUT2D eigenvalue weighted by atomic mass is 9.99. The third-order valence-electron chi connectivity index (χ3n) is 3.55. The molecule has 1 aromatic heterocycles. The van der Waals surface area contributed by atoms with E-state index in [0.29, 0.717) is 24.3 Å². The van der Waals surface area contributed by atoms with Gasteiger partial charge in [-0.15, -0.1) is 0 Å². The van der Waals surface area contributed by atoms with Crippen molar-refractivity contribution < 1.29 is 4.79 Å². The first kappa shape index (κ1) is 12.9. The molecule has 4 nitrogen and oxygen atoms in total. The molecule has 1 aromatic carbocycles. The van der Waals surface area contributed by atoms with Gasteiger partial charge >= 0.3 is 0 Å². The number of amides is 1. The van der Waals surface area contributed by atoms with E-state index in [-0.39, 0.29) is 11.1 Å². The van der Waals surface area contributed by atoms with Crippen molar-refractivity contribution in [2.45, 2.75) is 13.0 Å². The molecule has 0 radical (unpaired) electrons. The van der Waals surface area contributed by atoms with Gasteiger partial charge in [0.2, 0.25) is 0 Å². The van der Waals surface area contributed by atoms with Gasteiger partial charge in [0, 0.05) is 13.1 Å². The fourth-order valence-corrected chi connectivity index (χ4v) is 2.62. The highest BCUT2D eigenvalue weighted by Gasteiger charge is 2.23. The Kier molecular flexibility index (Phi) is 3.32. The molecule has 0 aliphatic carbocycles. The fraction of sp³-hybridized carbons (Fsp3) is 0.200. The molecule has 5 heteroatoms. The van der Waals surface area contributed by atoms with E-state index in [1.54, 1.807) is 4.90 Å². The van der Waals surface area contributed by atoms with Crippen LogP contribution in [0.15, 0.2) is 36.5 Å².